The fourth-order valence-electron chi connectivity index (χ4n) is 4.61. The van der Waals surface area contributed by atoms with Gasteiger partial charge in [0.15, 0.2) is 23.2 Å². The molecule has 0 aliphatic carbocycles. The summed E-state index contributed by atoms with van der Waals surface area (Å²) < 4.78 is 28.2. The molecule has 0 unspecified atom stereocenters. The maximum Gasteiger partial charge on any atom is 0.254 e. The summed E-state index contributed by atoms with van der Waals surface area (Å²) in [6.07, 6.45) is 0.160. The molecule has 40 heavy (non-hydrogen) atoms. The molecular weight excluding hydrogens is 521 g/mol. The van der Waals surface area contributed by atoms with Gasteiger partial charge in [0.2, 0.25) is 0 Å². The highest BCUT2D eigenvalue weighted by molar-refractivity contribution is 5.83. The van der Waals surface area contributed by atoms with Crippen molar-refractivity contribution in [1.82, 2.24) is 29.3 Å². The number of ether oxygens (including phenoxy) is 2. The molecule has 6 rings (SSSR count). The van der Waals surface area contributed by atoms with E-state index in [0.717, 1.165) is 16.9 Å². The van der Waals surface area contributed by atoms with Gasteiger partial charge in [0.1, 0.15) is 29.9 Å². The largest absolute Gasteiger partial charge is 0.497 e. The fraction of sp³-hybridized carbons (Fsp3) is 0.259. The van der Waals surface area contributed by atoms with E-state index >= 15 is 0 Å². The summed E-state index contributed by atoms with van der Waals surface area (Å²) in [4.78, 5) is 13.7. The van der Waals surface area contributed by atoms with E-state index in [1.54, 1.807) is 37.7 Å². The second kappa shape index (κ2) is 10.6. The molecule has 1 aliphatic heterocycles. The average Bonchev–Trinajstić information content (AvgIpc) is 3.71. The predicted molar refractivity (Wildman–Crippen MR) is 141 cm³/mol. The van der Waals surface area contributed by atoms with Crippen molar-refractivity contribution >= 4 is 17.0 Å². The molecule has 0 amide bonds. The molecule has 1 saturated heterocycles. The molecule has 0 radical (unpaired) electrons. The van der Waals surface area contributed by atoms with E-state index < -0.39 is 31.1 Å². The lowest BCUT2D eigenvalue weighted by Crippen LogP contribution is -2.33. The molecule has 1 fully saturated rings. The first-order valence-electron chi connectivity index (χ1n) is 12.5. The first-order valence-corrected chi connectivity index (χ1v) is 12.5. The first kappa shape index (κ1) is 25.8. The standard InChI is InChI=1S/C27H26FN7O5/c1-39-18-8-6-15(7-9-18)17-11-31-35(12-17)27-32-24(29-10-16-4-2-3-5-19(16)28)21-25(33-27)34(14-30-21)26-23(38)22(37)20(13-36)40-26/h2-9,11-12,14,20,22-23,26,36-38H,10,13H2,1H3,(H,29,32,33)/t20-,22+,23-,26-/m1/s1. The lowest BCUT2D eigenvalue weighted by atomic mass is 10.1. The lowest BCUT2D eigenvalue weighted by molar-refractivity contribution is -0.0511. The van der Waals surface area contributed by atoms with Gasteiger partial charge in [-0.05, 0) is 23.8 Å². The van der Waals surface area contributed by atoms with Gasteiger partial charge in [0, 0.05) is 23.9 Å². The normalized spacial score (nSPS) is 20.7. The van der Waals surface area contributed by atoms with E-state index in [9.17, 15) is 19.7 Å². The molecule has 0 bridgehead atoms. The minimum absolute atomic E-state index is 0.120. The van der Waals surface area contributed by atoms with E-state index in [1.165, 1.54) is 21.6 Å². The maximum absolute atomic E-state index is 14.3. The Morgan fingerprint density at radius 2 is 1.85 bits per heavy atom. The Labute approximate surface area is 227 Å². The van der Waals surface area contributed by atoms with Crippen LogP contribution in [0.1, 0.15) is 11.8 Å². The number of fused-ring (bicyclic) bond motifs is 1. The number of methoxy groups -OCH3 is 1. The van der Waals surface area contributed by atoms with Crippen LogP contribution >= 0.6 is 0 Å². The zero-order chi connectivity index (χ0) is 27.8. The number of nitrogens with zero attached hydrogens (tertiary/aromatic N) is 6. The molecule has 1 aliphatic rings. The number of hydrogen-bond donors (Lipinski definition) is 4. The summed E-state index contributed by atoms with van der Waals surface area (Å²) in [5, 5.41) is 38.0. The highest BCUT2D eigenvalue weighted by atomic mass is 19.1. The van der Waals surface area contributed by atoms with Crippen LogP contribution in [0.25, 0.3) is 28.2 Å². The third-order valence-corrected chi connectivity index (χ3v) is 6.82. The van der Waals surface area contributed by atoms with E-state index in [2.05, 4.69) is 25.4 Å². The van der Waals surface area contributed by atoms with Crippen molar-refractivity contribution in [2.45, 2.75) is 31.1 Å². The summed E-state index contributed by atoms with van der Waals surface area (Å²) in [6, 6.07) is 13.9. The van der Waals surface area contributed by atoms with E-state index in [0.29, 0.717) is 16.9 Å². The molecule has 5 aromatic rings. The number of hydrogen-bond acceptors (Lipinski definition) is 10. The van der Waals surface area contributed by atoms with Crippen molar-refractivity contribution in [3.63, 3.8) is 0 Å². The molecule has 2 aromatic carbocycles. The molecule has 0 saturated carbocycles. The number of anilines is 1. The molecule has 206 valence electrons. The van der Waals surface area contributed by atoms with Crippen LogP contribution in [0.2, 0.25) is 0 Å². The molecule has 3 aromatic heterocycles. The number of aliphatic hydroxyl groups is 3. The highest BCUT2D eigenvalue weighted by Crippen LogP contribution is 2.33. The minimum atomic E-state index is -1.34. The maximum atomic E-state index is 14.3. The Balaban J connectivity index is 1.41. The Morgan fingerprint density at radius 1 is 1.05 bits per heavy atom. The summed E-state index contributed by atoms with van der Waals surface area (Å²) in [5.74, 6) is 0.842. The van der Waals surface area contributed by atoms with Crippen molar-refractivity contribution in [1.29, 1.82) is 0 Å². The zero-order valence-electron chi connectivity index (χ0n) is 21.3. The molecule has 12 nitrogen and oxygen atoms in total. The van der Waals surface area contributed by atoms with Gasteiger partial charge in [-0.2, -0.15) is 15.1 Å². The van der Waals surface area contributed by atoms with Crippen molar-refractivity contribution in [2.24, 2.45) is 0 Å². The van der Waals surface area contributed by atoms with Gasteiger partial charge in [-0.1, -0.05) is 30.3 Å². The van der Waals surface area contributed by atoms with Crippen molar-refractivity contribution in [3.8, 4) is 22.8 Å². The summed E-state index contributed by atoms with van der Waals surface area (Å²) in [5.41, 5.74) is 2.75. The van der Waals surface area contributed by atoms with Gasteiger partial charge in [0.05, 0.1) is 26.2 Å². The predicted octanol–water partition coefficient (Wildman–Crippen LogP) is 2.05. The third kappa shape index (κ3) is 4.64. The zero-order valence-corrected chi connectivity index (χ0v) is 21.3. The summed E-state index contributed by atoms with van der Waals surface area (Å²) in [7, 11) is 1.60. The molecule has 4 N–H and O–H groups in total. The van der Waals surface area contributed by atoms with Gasteiger partial charge >= 0.3 is 0 Å². The van der Waals surface area contributed by atoms with Crippen LogP contribution in [-0.2, 0) is 11.3 Å². The first-order chi connectivity index (χ1) is 19.5. The number of halogens is 1. The minimum Gasteiger partial charge on any atom is -0.497 e. The van der Waals surface area contributed by atoms with Gasteiger partial charge < -0.3 is 30.1 Å². The Hall–Kier alpha value is -4.43. The van der Waals surface area contributed by atoms with Crippen LogP contribution in [0.5, 0.6) is 5.75 Å². The fourth-order valence-corrected chi connectivity index (χ4v) is 4.61. The number of aromatic nitrogens is 6. The number of imidazole rings is 1. The summed E-state index contributed by atoms with van der Waals surface area (Å²) in [6.45, 7) is -0.354. The molecule has 4 heterocycles. The van der Waals surface area contributed by atoms with Crippen LogP contribution < -0.4 is 10.1 Å². The van der Waals surface area contributed by atoms with E-state index in [4.69, 9.17) is 9.47 Å². The summed E-state index contributed by atoms with van der Waals surface area (Å²) >= 11 is 0. The topological polar surface area (TPSA) is 153 Å². The van der Waals surface area contributed by atoms with Gasteiger partial charge in [-0.15, -0.1) is 0 Å². The Bertz CT molecular complexity index is 1640. The molecule has 13 heteroatoms. The van der Waals surface area contributed by atoms with Crippen LogP contribution in [0.3, 0.4) is 0 Å². The molecular formula is C27H26FN7O5. The SMILES string of the molecule is COc1ccc(-c2cnn(-c3nc(NCc4ccccc4F)c4ncn([C@@H]5O[C@H](CO)[C@H](O)[C@H]5O)c4n3)c2)cc1. The monoisotopic (exact) mass is 547 g/mol. The smallest absolute Gasteiger partial charge is 0.254 e. The van der Waals surface area contributed by atoms with Crippen molar-refractivity contribution in [3.05, 3.63) is 78.6 Å². The van der Waals surface area contributed by atoms with E-state index in [-0.39, 0.29) is 24.0 Å². The van der Waals surface area contributed by atoms with Crippen LogP contribution in [0, 0.1) is 5.82 Å². The van der Waals surface area contributed by atoms with Crippen LogP contribution in [-0.4, -0.2) is 76.6 Å². The average molecular weight is 548 g/mol. The van der Waals surface area contributed by atoms with Crippen LogP contribution in [0.4, 0.5) is 10.2 Å². The van der Waals surface area contributed by atoms with Gasteiger partial charge in [-0.3, -0.25) is 4.57 Å². The third-order valence-electron chi connectivity index (χ3n) is 6.82. The second-order valence-electron chi connectivity index (χ2n) is 9.27. The molecule has 0 spiro atoms. The lowest BCUT2D eigenvalue weighted by Gasteiger charge is -2.17. The second-order valence-corrected chi connectivity index (χ2v) is 9.27. The van der Waals surface area contributed by atoms with Crippen molar-refractivity contribution in [2.75, 3.05) is 19.0 Å². The highest BCUT2D eigenvalue weighted by Gasteiger charge is 2.44. The van der Waals surface area contributed by atoms with E-state index in [1.807, 2.05) is 24.3 Å². The molecule has 4 atom stereocenters. The Morgan fingerprint density at radius 3 is 2.58 bits per heavy atom. The van der Waals surface area contributed by atoms with Crippen molar-refractivity contribution < 1.29 is 29.2 Å². The van der Waals surface area contributed by atoms with Gasteiger partial charge in [0.25, 0.3) is 5.95 Å². The number of rotatable bonds is 8. The van der Waals surface area contributed by atoms with Crippen LogP contribution in [0.15, 0.2) is 67.3 Å². The number of aliphatic hydroxyl groups excluding tert-OH is 3. The number of nitrogens with one attached hydrogen (secondary N) is 1. The Kier molecular flexibility index (Phi) is 6.86. The number of benzene rings is 2. The van der Waals surface area contributed by atoms with Gasteiger partial charge in [-0.25, -0.2) is 14.1 Å². The quantitative estimate of drug-likeness (QED) is 0.227.